The van der Waals surface area contributed by atoms with Gasteiger partial charge >= 0.3 is 0 Å². The summed E-state index contributed by atoms with van der Waals surface area (Å²) in [5.74, 6) is 1.18. The predicted molar refractivity (Wildman–Crippen MR) is 57.2 cm³/mol. The number of benzene rings is 1. The molecule has 0 radical (unpaired) electrons. The van der Waals surface area contributed by atoms with Gasteiger partial charge in [-0.05, 0) is 19.1 Å². The molecule has 0 fully saturated rings. The molecule has 1 heterocycles. The van der Waals surface area contributed by atoms with Gasteiger partial charge < -0.3 is 9.88 Å². The smallest absolute Gasteiger partial charge is 0.106 e. The number of fused-ring (bicyclic) bond motifs is 1. The minimum atomic E-state index is 1.00. The van der Waals surface area contributed by atoms with Crippen LogP contribution in [0.4, 0.5) is 5.82 Å². The largest absolute Gasteiger partial charge is 0.375 e. The second-order valence-corrected chi connectivity index (χ2v) is 3.08. The maximum atomic E-state index is 3.20. The van der Waals surface area contributed by atoms with Crippen molar-refractivity contribution in [1.29, 1.82) is 0 Å². The number of aromatic nitrogens is 1. The first-order valence-corrected chi connectivity index (χ1v) is 4.63. The molecule has 2 aromatic rings. The van der Waals surface area contributed by atoms with Gasteiger partial charge in [0.25, 0.3) is 0 Å². The van der Waals surface area contributed by atoms with Crippen molar-refractivity contribution in [3.8, 4) is 0 Å². The average molecular weight is 174 g/mol. The quantitative estimate of drug-likeness (QED) is 0.740. The van der Waals surface area contributed by atoms with Crippen LogP contribution in [0.1, 0.15) is 6.92 Å². The van der Waals surface area contributed by atoms with Gasteiger partial charge in [-0.1, -0.05) is 18.2 Å². The van der Waals surface area contributed by atoms with Crippen molar-refractivity contribution in [1.82, 2.24) is 4.57 Å². The first-order chi connectivity index (χ1) is 6.36. The zero-order valence-corrected chi connectivity index (χ0v) is 8.04. The van der Waals surface area contributed by atoms with Crippen molar-refractivity contribution in [3.63, 3.8) is 0 Å². The summed E-state index contributed by atoms with van der Waals surface area (Å²) in [7, 11) is 1.96. The molecule has 0 amide bonds. The Hall–Kier alpha value is -1.44. The van der Waals surface area contributed by atoms with E-state index in [-0.39, 0.29) is 0 Å². The van der Waals surface area contributed by atoms with Gasteiger partial charge in [0.1, 0.15) is 5.82 Å². The maximum absolute atomic E-state index is 3.20. The minimum Gasteiger partial charge on any atom is -0.375 e. The minimum absolute atomic E-state index is 1.00. The summed E-state index contributed by atoms with van der Waals surface area (Å²) in [6, 6.07) is 10.6. The monoisotopic (exact) mass is 174 g/mol. The summed E-state index contributed by atoms with van der Waals surface area (Å²) in [6.07, 6.45) is 0. The van der Waals surface area contributed by atoms with E-state index in [0.717, 1.165) is 6.54 Å². The van der Waals surface area contributed by atoms with E-state index in [1.165, 1.54) is 16.7 Å². The molecule has 0 spiro atoms. The Balaban J connectivity index is 2.73. The van der Waals surface area contributed by atoms with Gasteiger partial charge in [-0.2, -0.15) is 0 Å². The highest BCUT2D eigenvalue weighted by Crippen LogP contribution is 2.22. The van der Waals surface area contributed by atoms with E-state index in [1.807, 2.05) is 7.05 Å². The fraction of sp³-hybridized carbons (Fsp3) is 0.273. The van der Waals surface area contributed by atoms with E-state index in [1.54, 1.807) is 0 Å². The fourth-order valence-corrected chi connectivity index (χ4v) is 1.76. The number of hydrogen-bond acceptors (Lipinski definition) is 1. The molecular weight excluding hydrogens is 160 g/mol. The summed E-state index contributed by atoms with van der Waals surface area (Å²) in [6.45, 7) is 3.16. The van der Waals surface area contributed by atoms with Crippen LogP contribution in [0.2, 0.25) is 0 Å². The molecule has 1 aromatic carbocycles. The van der Waals surface area contributed by atoms with E-state index >= 15 is 0 Å². The van der Waals surface area contributed by atoms with E-state index in [4.69, 9.17) is 0 Å². The molecule has 0 bridgehead atoms. The molecule has 0 atom stereocenters. The Labute approximate surface area is 78.2 Å². The van der Waals surface area contributed by atoms with Gasteiger partial charge in [0.2, 0.25) is 0 Å². The Kier molecular flexibility index (Phi) is 1.97. The molecule has 0 aliphatic rings. The lowest BCUT2D eigenvalue weighted by Crippen LogP contribution is -1.99. The number of nitrogens with one attached hydrogen (secondary N) is 1. The lowest BCUT2D eigenvalue weighted by molar-refractivity contribution is 0.804. The number of anilines is 1. The SMILES string of the molecule is CCn1c(NC)cc2ccccc21. The number of aryl methyl sites for hydroxylation is 1. The summed E-state index contributed by atoms with van der Waals surface area (Å²) >= 11 is 0. The molecule has 13 heavy (non-hydrogen) atoms. The van der Waals surface area contributed by atoms with E-state index in [9.17, 15) is 0 Å². The van der Waals surface area contributed by atoms with Crippen LogP contribution in [0.25, 0.3) is 10.9 Å². The molecule has 2 nitrogen and oxygen atoms in total. The van der Waals surface area contributed by atoms with Crippen LogP contribution in [0.15, 0.2) is 30.3 Å². The molecule has 2 heteroatoms. The van der Waals surface area contributed by atoms with Crippen molar-refractivity contribution in [2.75, 3.05) is 12.4 Å². The van der Waals surface area contributed by atoms with Gasteiger partial charge in [0, 0.05) is 24.5 Å². The molecule has 0 aliphatic carbocycles. The Morgan fingerprint density at radius 2 is 2.08 bits per heavy atom. The van der Waals surface area contributed by atoms with Crippen LogP contribution in [0, 0.1) is 0 Å². The highest BCUT2D eigenvalue weighted by Gasteiger charge is 2.03. The summed E-state index contributed by atoms with van der Waals surface area (Å²) in [5.41, 5.74) is 1.30. The third-order valence-electron chi connectivity index (χ3n) is 2.38. The predicted octanol–water partition coefficient (Wildman–Crippen LogP) is 2.70. The van der Waals surface area contributed by atoms with E-state index in [0.29, 0.717) is 0 Å². The molecule has 0 saturated heterocycles. The van der Waals surface area contributed by atoms with Crippen LogP contribution < -0.4 is 5.32 Å². The van der Waals surface area contributed by atoms with E-state index < -0.39 is 0 Å². The van der Waals surface area contributed by atoms with Crippen LogP contribution >= 0.6 is 0 Å². The van der Waals surface area contributed by atoms with Crippen molar-refractivity contribution < 1.29 is 0 Å². The molecule has 1 aromatic heterocycles. The van der Waals surface area contributed by atoms with Crippen molar-refractivity contribution in [3.05, 3.63) is 30.3 Å². The molecular formula is C11H14N2. The van der Waals surface area contributed by atoms with Crippen LogP contribution in [0.5, 0.6) is 0 Å². The number of rotatable bonds is 2. The summed E-state index contributed by atoms with van der Waals surface area (Å²) < 4.78 is 2.27. The normalized spacial score (nSPS) is 10.6. The highest BCUT2D eigenvalue weighted by atomic mass is 15.1. The van der Waals surface area contributed by atoms with Gasteiger partial charge in [-0.3, -0.25) is 0 Å². The highest BCUT2D eigenvalue weighted by molar-refractivity contribution is 5.84. The lowest BCUT2D eigenvalue weighted by Gasteiger charge is -2.05. The second kappa shape index (κ2) is 3.13. The molecule has 0 aliphatic heterocycles. The molecule has 1 N–H and O–H groups in total. The van der Waals surface area contributed by atoms with Crippen LogP contribution in [-0.2, 0) is 6.54 Å². The fourth-order valence-electron chi connectivity index (χ4n) is 1.76. The van der Waals surface area contributed by atoms with Crippen molar-refractivity contribution >= 4 is 16.7 Å². The van der Waals surface area contributed by atoms with Crippen molar-refractivity contribution in [2.24, 2.45) is 0 Å². The lowest BCUT2D eigenvalue weighted by atomic mass is 10.2. The van der Waals surface area contributed by atoms with Crippen LogP contribution in [-0.4, -0.2) is 11.6 Å². The first kappa shape index (κ1) is 8.17. The Morgan fingerprint density at radius 1 is 1.31 bits per heavy atom. The second-order valence-electron chi connectivity index (χ2n) is 3.08. The Morgan fingerprint density at radius 3 is 2.77 bits per heavy atom. The number of hydrogen-bond donors (Lipinski definition) is 1. The van der Waals surface area contributed by atoms with Gasteiger partial charge in [0.05, 0.1) is 0 Å². The molecule has 2 rings (SSSR count). The zero-order chi connectivity index (χ0) is 9.26. The topological polar surface area (TPSA) is 17.0 Å². The molecule has 0 unspecified atom stereocenters. The van der Waals surface area contributed by atoms with E-state index in [2.05, 4.69) is 47.1 Å². The van der Waals surface area contributed by atoms with Gasteiger partial charge in [-0.25, -0.2) is 0 Å². The summed E-state index contributed by atoms with van der Waals surface area (Å²) in [4.78, 5) is 0. The Bertz CT molecular complexity index is 415. The number of para-hydroxylation sites is 1. The third kappa shape index (κ3) is 1.18. The molecule has 0 saturated carbocycles. The van der Waals surface area contributed by atoms with Crippen LogP contribution in [0.3, 0.4) is 0 Å². The first-order valence-electron chi connectivity index (χ1n) is 4.63. The van der Waals surface area contributed by atoms with Gasteiger partial charge in [-0.15, -0.1) is 0 Å². The van der Waals surface area contributed by atoms with Crippen molar-refractivity contribution in [2.45, 2.75) is 13.5 Å². The number of nitrogens with zero attached hydrogens (tertiary/aromatic N) is 1. The van der Waals surface area contributed by atoms with Gasteiger partial charge in [0.15, 0.2) is 0 Å². The average Bonchev–Trinajstić information content (AvgIpc) is 2.55. The maximum Gasteiger partial charge on any atom is 0.106 e. The molecule has 68 valence electrons. The zero-order valence-electron chi connectivity index (χ0n) is 8.04. The summed E-state index contributed by atoms with van der Waals surface area (Å²) in [5, 5.41) is 4.50. The third-order valence-corrected chi connectivity index (χ3v) is 2.38. The standard InChI is InChI=1S/C11H14N2/c1-3-13-10-7-5-4-6-9(10)8-11(13)12-2/h4-8,12H,3H2,1-2H3.